The van der Waals surface area contributed by atoms with E-state index < -0.39 is 0 Å². The lowest BCUT2D eigenvalue weighted by atomic mass is 10.2. The zero-order valence-electron chi connectivity index (χ0n) is 11.7. The number of hydrogen-bond donors (Lipinski definition) is 1. The number of carbonyl (C=O) groups excluding carboxylic acids is 1. The molecule has 0 bridgehead atoms. The van der Waals surface area contributed by atoms with Gasteiger partial charge in [-0.2, -0.15) is 0 Å². The predicted octanol–water partition coefficient (Wildman–Crippen LogP) is 1.56. The van der Waals surface area contributed by atoms with Gasteiger partial charge >= 0.3 is 0 Å². The molecule has 0 aliphatic carbocycles. The molecule has 0 unspecified atom stereocenters. The van der Waals surface area contributed by atoms with E-state index in [-0.39, 0.29) is 18.0 Å². The molecule has 0 atom stereocenters. The van der Waals surface area contributed by atoms with Crippen molar-refractivity contribution in [2.24, 2.45) is 0 Å². The van der Waals surface area contributed by atoms with Crippen molar-refractivity contribution in [1.29, 1.82) is 0 Å². The summed E-state index contributed by atoms with van der Waals surface area (Å²) in [5, 5.41) is 0. The van der Waals surface area contributed by atoms with Crippen molar-refractivity contribution in [3.63, 3.8) is 0 Å². The molecule has 1 heterocycles. The van der Waals surface area contributed by atoms with E-state index in [1.807, 2.05) is 0 Å². The summed E-state index contributed by atoms with van der Waals surface area (Å²) in [6.45, 7) is 1.64. The Bertz CT molecular complexity index is 725. The Morgan fingerprint density at radius 2 is 2.00 bits per heavy atom. The van der Waals surface area contributed by atoms with E-state index in [4.69, 9.17) is 5.73 Å². The van der Waals surface area contributed by atoms with E-state index in [1.165, 1.54) is 15.8 Å². The highest BCUT2D eigenvalue weighted by Crippen LogP contribution is 2.15. The quantitative estimate of drug-likeness (QED) is 0.851. The summed E-state index contributed by atoms with van der Waals surface area (Å²) >= 11 is 3.18. The largest absolute Gasteiger partial charge is 0.399 e. The number of nitrogens with zero attached hydrogens (tertiary/aromatic N) is 3. The number of benzene rings is 1. The molecule has 7 heteroatoms. The van der Waals surface area contributed by atoms with Gasteiger partial charge in [0, 0.05) is 18.4 Å². The Kier molecular flexibility index (Phi) is 4.42. The lowest BCUT2D eigenvalue weighted by Gasteiger charge is -2.18. The maximum absolute atomic E-state index is 12.2. The van der Waals surface area contributed by atoms with Crippen molar-refractivity contribution in [1.82, 2.24) is 9.55 Å². The maximum Gasteiger partial charge on any atom is 0.268 e. The van der Waals surface area contributed by atoms with Crippen LogP contribution in [0.5, 0.6) is 0 Å². The van der Waals surface area contributed by atoms with Gasteiger partial charge in [-0.1, -0.05) is 0 Å². The number of carbonyl (C=O) groups is 1. The molecule has 0 aliphatic rings. The lowest BCUT2D eigenvalue weighted by Crippen LogP contribution is -2.34. The van der Waals surface area contributed by atoms with Gasteiger partial charge in [0.1, 0.15) is 11.0 Å². The first kappa shape index (κ1) is 15.2. The standard InChI is InChI=1S/C14H15BrN4O2/c1-9-13(15)14(21)19(8-17-9)7-12(20)18(2)11-5-3-10(16)4-6-11/h3-6,8H,7,16H2,1-2H3. The second-order valence-corrected chi connectivity index (χ2v) is 5.41. The minimum absolute atomic E-state index is 0.0778. The third-order valence-corrected chi connectivity index (χ3v) is 4.03. The number of likely N-dealkylation sites (N-methyl/N-ethyl adjacent to an activating group) is 1. The number of rotatable bonds is 3. The van der Waals surface area contributed by atoms with E-state index in [0.717, 1.165) is 0 Å². The van der Waals surface area contributed by atoms with Crippen LogP contribution in [0.15, 0.2) is 39.9 Å². The zero-order valence-corrected chi connectivity index (χ0v) is 13.3. The van der Waals surface area contributed by atoms with Crippen molar-refractivity contribution in [3.8, 4) is 0 Å². The molecule has 1 amide bonds. The number of aromatic nitrogens is 2. The molecule has 6 nitrogen and oxygen atoms in total. The number of hydrogen-bond acceptors (Lipinski definition) is 4. The fourth-order valence-corrected chi connectivity index (χ4v) is 2.08. The maximum atomic E-state index is 12.2. The Labute approximate surface area is 130 Å². The Hall–Kier alpha value is -2.15. The zero-order chi connectivity index (χ0) is 15.6. The van der Waals surface area contributed by atoms with Crippen LogP contribution in [0.25, 0.3) is 0 Å². The van der Waals surface area contributed by atoms with Crippen LogP contribution in [0, 0.1) is 6.92 Å². The van der Waals surface area contributed by atoms with Gasteiger partial charge in [-0.05, 0) is 47.1 Å². The minimum Gasteiger partial charge on any atom is -0.399 e. The molecule has 2 aromatic rings. The van der Waals surface area contributed by atoms with Gasteiger partial charge in [0.15, 0.2) is 0 Å². The molecule has 1 aromatic heterocycles. The van der Waals surface area contributed by atoms with Crippen LogP contribution in [0.3, 0.4) is 0 Å². The van der Waals surface area contributed by atoms with Gasteiger partial charge in [-0.3, -0.25) is 14.2 Å². The summed E-state index contributed by atoms with van der Waals surface area (Å²) in [6, 6.07) is 6.93. The molecule has 2 N–H and O–H groups in total. The first-order valence-corrected chi connectivity index (χ1v) is 7.03. The summed E-state index contributed by atoms with van der Waals surface area (Å²) < 4.78 is 1.64. The number of anilines is 2. The van der Waals surface area contributed by atoms with Crippen LogP contribution in [-0.4, -0.2) is 22.5 Å². The van der Waals surface area contributed by atoms with Crippen LogP contribution >= 0.6 is 15.9 Å². The molecule has 0 spiro atoms. The number of aryl methyl sites for hydroxylation is 1. The number of halogens is 1. The van der Waals surface area contributed by atoms with Crippen molar-refractivity contribution >= 4 is 33.2 Å². The summed E-state index contributed by atoms with van der Waals surface area (Å²) in [7, 11) is 1.65. The average molecular weight is 351 g/mol. The lowest BCUT2D eigenvalue weighted by molar-refractivity contribution is -0.118. The van der Waals surface area contributed by atoms with Crippen molar-refractivity contribution in [2.75, 3.05) is 17.7 Å². The van der Waals surface area contributed by atoms with Crippen molar-refractivity contribution in [2.45, 2.75) is 13.5 Å². The van der Waals surface area contributed by atoms with Gasteiger partial charge in [0.2, 0.25) is 5.91 Å². The fraction of sp³-hybridized carbons (Fsp3) is 0.214. The van der Waals surface area contributed by atoms with Gasteiger partial charge < -0.3 is 10.6 Å². The third-order valence-electron chi connectivity index (χ3n) is 3.12. The van der Waals surface area contributed by atoms with Crippen LogP contribution in [-0.2, 0) is 11.3 Å². The van der Waals surface area contributed by atoms with Crippen LogP contribution < -0.4 is 16.2 Å². The number of amides is 1. The topological polar surface area (TPSA) is 81.2 Å². The van der Waals surface area contributed by atoms with Crippen LogP contribution in [0.2, 0.25) is 0 Å². The van der Waals surface area contributed by atoms with E-state index in [1.54, 1.807) is 38.2 Å². The first-order valence-electron chi connectivity index (χ1n) is 6.24. The highest BCUT2D eigenvalue weighted by atomic mass is 79.9. The smallest absolute Gasteiger partial charge is 0.268 e. The summed E-state index contributed by atoms with van der Waals surface area (Å²) in [6.07, 6.45) is 1.37. The molecule has 0 aliphatic heterocycles. The highest BCUT2D eigenvalue weighted by Gasteiger charge is 2.14. The Morgan fingerprint density at radius 3 is 2.62 bits per heavy atom. The SMILES string of the molecule is Cc1ncn(CC(=O)N(C)c2ccc(N)cc2)c(=O)c1Br. The van der Waals surface area contributed by atoms with Gasteiger partial charge in [-0.25, -0.2) is 4.98 Å². The van der Waals surface area contributed by atoms with Gasteiger partial charge in [-0.15, -0.1) is 0 Å². The van der Waals surface area contributed by atoms with E-state index in [2.05, 4.69) is 20.9 Å². The van der Waals surface area contributed by atoms with Crippen molar-refractivity contribution < 1.29 is 4.79 Å². The summed E-state index contributed by atoms with van der Waals surface area (Å²) in [5.74, 6) is -0.223. The highest BCUT2D eigenvalue weighted by molar-refractivity contribution is 9.10. The molecular formula is C14H15BrN4O2. The fourth-order valence-electron chi connectivity index (χ4n) is 1.75. The normalized spacial score (nSPS) is 10.4. The third kappa shape index (κ3) is 3.30. The van der Waals surface area contributed by atoms with Crippen LogP contribution in [0.4, 0.5) is 11.4 Å². The second kappa shape index (κ2) is 6.09. The molecule has 1 aromatic carbocycles. The molecule has 21 heavy (non-hydrogen) atoms. The molecule has 2 rings (SSSR count). The monoisotopic (exact) mass is 350 g/mol. The van der Waals surface area contributed by atoms with Crippen LogP contribution in [0.1, 0.15) is 5.69 Å². The molecular weight excluding hydrogens is 336 g/mol. The number of nitrogens with two attached hydrogens (primary N) is 1. The first-order chi connectivity index (χ1) is 9.90. The molecule has 110 valence electrons. The summed E-state index contributed by atoms with van der Waals surface area (Å²) in [4.78, 5) is 29.8. The van der Waals surface area contributed by atoms with Gasteiger partial charge in [0.25, 0.3) is 5.56 Å². The predicted molar refractivity (Wildman–Crippen MR) is 85.2 cm³/mol. The summed E-state index contributed by atoms with van der Waals surface area (Å²) in [5.41, 5.74) is 7.27. The molecule has 0 fully saturated rings. The van der Waals surface area contributed by atoms with E-state index >= 15 is 0 Å². The van der Waals surface area contributed by atoms with Gasteiger partial charge in [0.05, 0.1) is 12.0 Å². The number of nitrogen functional groups attached to an aromatic ring is 1. The molecule has 0 saturated heterocycles. The molecule has 0 radical (unpaired) electrons. The average Bonchev–Trinajstić information content (AvgIpc) is 2.48. The Morgan fingerprint density at radius 1 is 1.38 bits per heavy atom. The van der Waals surface area contributed by atoms with E-state index in [9.17, 15) is 9.59 Å². The Balaban J connectivity index is 2.20. The van der Waals surface area contributed by atoms with Crippen molar-refractivity contribution in [3.05, 3.63) is 51.1 Å². The molecule has 0 saturated carbocycles. The van der Waals surface area contributed by atoms with E-state index in [0.29, 0.717) is 21.5 Å². The minimum atomic E-state index is -0.276. The second-order valence-electron chi connectivity index (χ2n) is 4.62.